The highest BCUT2D eigenvalue weighted by Gasteiger charge is 2.14. The molecule has 1 aromatic carbocycles. The lowest BCUT2D eigenvalue weighted by Gasteiger charge is -2.22. The Labute approximate surface area is 136 Å². The second-order valence-corrected chi connectivity index (χ2v) is 5.67. The van der Waals surface area contributed by atoms with Crippen LogP contribution in [0.2, 0.25) is 0 Å². The van der Waals surface area contributed by atoms with Crippen LogP contribution in [-0.4, -0.2) is 28.4 Å². The zero-order chi connectivity index (χ0) is 15.9. The van der Waals surface area contributed by atoms with Gasteiger partial charge in [0.25, 0.3) is 0 Å². The third kappa shape index (κ3) is 4.79. The average Bonchev–Trinajstić information content (AvgIpc) is 3.02. The van der Waals surface area contributed by atoms with Crippen molar-refractivity contribution in [2.75, 3.05) is 11.9 Å². The van der Waals surface area contributed by atoms with Crippen LogP contribution in [0.4, 0.5) is 5.69 Å². The highest BCUT2D eigenvalue weighted by atomic mass is 16.5. The third-order valence-corrected chi connectivity index (χ3v) is 3.79. The van der Waals surface area contributed by atoms with Gasteiger partial charge in [0.1, 0.15) is 0 Å². The molecular weight excluding hydrogens is 290 g/mol. The molecule has 0 saturated carbocycles. The van der Waals surface area contributed by atoms with Crippen molar-refractivity contribution in [3.05, 3.63) is 54.4 Å². The lowest BCUT2D eigenvalue weighted by atomic mass is 10.1. The van der Waals surface area contributed by atoms with E-state index in [1.165, 1.54) is 12.5 Å². The van der Waals surface area contributed by atoms with Crippen LogP contribution in [0.3, 0.4) is 0 Å². The molecular formula is C18H21N3O2. The van der Waals surface area contributed by atoms with Crippen molar-refractivity contribution in [2.45, 2.75) is 31.9 Å². The summed E-state index contributed by atoms with van der Waals surface area (Å²) in [6.07, 6.45) is 10.5. The largest absolute Gasteiger partial charge is 0.376 e. The van der Waals surface area contributed by atoms with E-state index in [0.29, 0.717) is 5.69 Å². The summed E-state index contributed by atoms with van der Waals surface area (Å²) in [5.41, 5.74) is 1.69. The molecule has 1 amide bonds. The summed E-state index contributed by atoms with van der Waals surface area (Å²) in [5, 5.41) is 7.10. The Morgan fingerprint density at radius 1 is 1.35 bits per heavy atom. The second kappa shape index (κ2) is 7.74. The van der Waals surface area contributed by atoms with Gasteiger partial charge >= 0.3 is 0 Å². The summed E-state index contributed by atoms with van der Waals surface area (Å²) in [7, 11) is 0. The normalized spacial score (nSPS) is 18.2. The van der Waals surface area contributed by atoms with E-state index >= 15 is 0 Å². The molecule has 120 valence electrons. The molecule has 1 saturated heterocycles. The fourth-order valence-electron chi connectivity index (χ4n) is 2.61. The molecule has 5 heteroatoms. The SMILES string of the molecule is O=C(/C=C/c1ccccc1)Nc1cnn(CC2CCCCO2)c1. The maximum absolute atomic E-state index is 11.9. The van der Waals surface area contributed by atoms with E-state index in [1.54, 1.807) is 12.3 Å². The van der Waals surface area contributed by atoms with Crippen LogP contribution in [0.15, 0.2) is 48.8 Å². The molecule has 2 heterocycles. The molecule has 0 radical (unpaired) electrons. The zero-order valence-electron chi connectivity index (χ0n) is 13.0. The standard InChI is InChI=1S/C18H21N3O2/c22-18(10-9-15-6-2-1-3-7-15)20-16-12-19-21(13-16)14-17-8-4-5-11-23-17/h1-3,6-7,9-10,12-13,17H,4-5,8,11,14H2,(H,20,22)/b10-9+. The van der Waals surface area contributed by atoms with Crippen LogP contribution in [0.5, 0.6) is 0 Å². The number of ether oxygens (including phenoxy) is 1. The predicted octanol–water partition coefficient (Wildman–Crippen LogP) is 3.10. The molecule has 1 aliphatic heterocycles. The first kappa shape index (κ1) is 15.5. The number of nitrogens with zero attached hydrogens (tertiary/aromatic N) is 2. The lowest BCUT2D eigenvalue weighted by Crippen LogP contribution is -2.24. The van der Waals surface area contributed by atoms with Crippen LogP contribution in [-0.2, 0) is 16.1 Å². The van der Waals surface area contributed by atoms with E-state index in [-0.39, 0.29) is 12.0 Å². The van der Waals surface area contributed by atoms with E-state index in [4.69, 9.17) is 4.74 Å². The topological polar surface area (TPSA) is 56.2 Å². The van der Waals surface area contributed by atoms with E-state index in [9.17, 15) is 4.79 Å². The van der Waals surface area contributed by atoms with E-state index in [1.807, 2.05) is 41.2 Å². The summed E-state index contributed by atoms with van der Waals surface area (Å²) in [5.74, 6) is -0.165. The van der Waals surface area contributed by atoms with E-state index < -0.39 is 0 Å². The molecule has 1 N–H and O–H groups in total. The number of nitrogens with one attached hydrogen (secondary N) is 1. The summed E-state index contributed by atoms with van der Waals surface area (Å²) in [6, 6.07) is 9.73. The highest BCUT2D eigenvalue weighted by molar-refractivity contribution is 6.01. The van der Waals surface area contributed by atoms with Crippen LogP contribution < -0.4 is 5.32 Å². The summed E-state index contributed by atoms with van der Waals surface area (Å²) < 4.78 is 7.53. The van der Waals surface area contributed by atoms with Gasteiger partial charge in [0.15, 0.2) is 0 Å². The molecule has 1 aliphatic rings. The van der Waals surface area contributed by atoms with Crippen molar-refractivity contribution >= 4 is 17.7 Å². The van der Waals surface area contributed by atoms with Crippen LogP contribution in [0, 0.1) is 0 Å². The number of carbonyl (C=O) groups excluding carboxylic acids is 1. The van der Waals surface area contributed by atoms with Crippen molar-refractivity contribution < 1.29 is 9.53 Å². The molecule has 1 fully saturated rings. The lowest BCUT2D eigenvalue weighted by molar-refractivity contribution is -0.111. The van der Waals surface area contributed by atoms with Gasteiger partial charge in [-0.2, -0.15) is 5.10 Å². The number of aromatic nitrogens is 2. The third-order valence-electron chi connectivity index (χ3n) is 3.79. The van der Waals surface area contributed by atoms with Gasteiger partial charge in [-0.05, 0) is 30.9 Å². The van der Waals surface area contributed by atoms with Gasteiger partial charge in [-0.15, -0.1) is 0 Å². The van der Waals surface area contributed by atoms with E-state index in [0.717, 1.165) is 31.6 Å². The molecule has 0 aliphatic carbocycles. The van der Waals surface area contributed by atoms with E-state index in [2.05, 4.69) is 10.4 Å². The Bertz CT molecular complexity index is 658. The fourth-order valence-corrected chi connectivity index (χ4v) is 2.61. The number of anilines is 1. The number of hydrogen-bond donors (Lipinski definition) is 1. The number of amides is 1. The first-order valence-electron chi connectivity index (χ1n) is 7.98. The molecule has 1 atom stereocenters. The summed E-state index contributed by atoms with van der Waals surface area (Å²) in [6.45, 7) is 1.57. The molecule has 3 rings (SSSR count). The molecule has 23 heavy (non-hydrogen) atoms. The van der Waals surface area contributed by atoms with Gasteiger partial charge in [-0.25, -0.2) is 0 Å². The zero-order valence-corrected chi connectivity index (χ0v) is 13.0. The van der Waals surface area contributed by atoms with Gasteiger partial charge in [-0.3, -0.25) is 9.48 Å². The quantitative estimate of drug-likeness (QED) is 0.863. The number of benzene rings is 1. The van der Waals surface area contributed by atoms with Crippen molar-refractivity contribution in [3.8, 4) is 0 Å². The minimum absolute atomic E-state index is 0.165. The van der Waals surface area contributed by atoms with Gasteiger partial charge in [0, 0.05) is 18.9 Å². The minimum atomic E-state index is -0.165. The van der Waals surface area contributed by atoms with Gasteiger partial charge < -0.3 is 10.1 Å². The second-order valence-electron chi connectivity index (χ2n) is 5.67. The van der Waals surface area contributed by atoms with Crippen molar-refractivity contribution in [1.29, 1.82) is 0 Å². The fraction of sp³-hybridized carbons (Fsp3) is 0.333. The Hall–Kier alpha value is -2.40. The number of hydrogen-bond acceptors (Lipinski definition) is 3. The van der Waals surface area contributed by atoms with Crippen LogP contribution >= 0.6 is 0 Å². The molecule has 0 spiro atoms. The number of rotatable bonds is 5. The van der Waals surface area contributed by atoms with Gasteiger partial charge in [0.2, 0.25) is 5.91 Å². The summed E-state index contributed by atoms with van der Waals surface area (Å²) >= 11 is 0. The van der Waals surface area contributed by atoms with Crippen LogP contribution in [0.25, 0.3) is 6.08 Å². The Kier molecular flexibility index (Phi) is 5.21. The monoisotopic (exact) mass is 311 g/mol. The van der Waals surface area contributed by atoms with Gasteiger partial charge in [-0.1, -0.05) is 30.3 Å². The average molecular weight is 311 g/mol. The van der Waals surface area contributed by atoms with Crippen molar-refractivity contribution in [3.63, 3.8) is 0 Å². The highest BCUT2D eigenvalue weighted by Crippen LogP contribution is 2.15. The Morgan fingerprint density at radius 3 is 3.00 bits per heavy atom. The maximum atomic E-state index is 11.9. The Morgan fingerprint density at radius 2 is 2.22 bits per heavy atom. The van der Waals surface area contributed by atoms with Crippen molar-refractivity contribution in [2.24, 2.45) is 0 Å². The molecule has 5 nitrogen and oxygen atoms in total. The minimum Gasteiger partial charge on any atom is -0.376 e. The molecule has 2 aromatic rings. The maximum Gasteiger partial charge on any atom is 0.248 e. The Balaban J connectivity index is 1.52. The smallest absolute Gasteiger partial charge is 0.248 e. The molecule has 1 aromatic heterocycles. The first-order valence-corrected chi connectivity index (χ1v) is 7.98. The van der Waals surface area contributed by atoms with Crippen LogP contribution in [0.1, 0.15) is 24.8 Å². The first-order chi connectivity index (χ1) is 11.3. The predicted molar refractivity (Wildman–Crippen MR) is 89.9 cm³/mol. The molecule has 0 bridgehead atoms. The summed E-state index contributed by atoms with van der Waals surface area (Å²) in [4.78, 5) is 11.9. The number of carbonyl (C=O) groups is 1. The van der Waals surface area contributed by atoms with Gasteiger partial charge in [0.05, 0.1) is 24.5 Å². The van der Waals surface area contributed by atoms with Crippen molar-refractivity contribution in [1.82, 2.24) is 9.78 Å². The molecule has 1 unspecified atom stereocenters.